The number of amides is 1. The van der Waals surface area contributed by atoms with Gasteiger partial charge < -0.3 is 30.0 Å². The molecule has 0 radical (unpaired) electrons. The van der Waals surface area contributed by atoms with Crippen molar-refractivity contribution in [3.63, 3.8) is 0 Å². The molecule has 282 valence electrons. The van der Waals surface area contributed by atoms with Crippen LogP contribution >= 0.6 is 11.6 Å². The molecule has 2 aromatic rings. The van der Waals surface area contributed by atoms with Crippen molar-refractivity contribution in [3.8, 4) is 0 Å². The minimum atomic E-state index is -1.34. The summed E-state index contributed by atoms with van der Waals surface area (Å²) in [5.41, 5.74) is 4.56. The number of benzene rings is 2. The third-order valence-corrected chi connectivity index (χ3v) is 8.96. The summed E-state index contributed by atoms with van der Waals surface area (Å²) in [7, 11) is 0. The predicted octanol–water partition coefficient (Wildman–Crippen LogP) is 8.15. The van der Waals surface area contributed by atoms with Crippen molar-refractivity contribution in [1.82, 2.24) is 5.32 Å². The molecule has 0 aliphatic heterocycles. The molecule has 1 amide bonds. The van der Waals surface area contributed by atoms with Crippen LogP contribution in [0.5, 0.6) is 0 Å². The number of halogens is 1. The van der Waals surface area contributed by atoms with E-state index in [4.69, 9.17) is 36.3 Å². The summed E-state index contributed by atoms with van der Waals surface area (Å²) in [5.74, 6) is -1.96. The van der Waals surface area contributed by atoms with Gasteiger partial charge in [-0.1, -0.05) is 85.8 Å². The fourth-order valence-electron chi connectivity index (χ4n) is 6.47. The van der Waals surface area contributed by atoms with Gasteiger partial charge in [-0.25, -0.2) is 14.4 Å². The number of hydrogen-bond donors (Lipinski definition) is 2. The van der Waals surface area contributed by atoms with Crippen molar-refractivity contribution >= 4 is 35.6 Å². The highest BCUT2D eigenvalue weighted by Gasteiger charge is 2.48. The largest absolute Gasteiger partial charge is 0.460 e. The summed E-state index contributed by atoms with van der Waals surface area (Å²) in [5, 5.41) is 3.13. The first kappa shape index (κ1) is 41.8. The molecule has 3 atom stereocenters. The van der Waals surface area contributed by atoms with Crippen LogP contribution in [0.4, 0.5) is 4.79 Å². The Morgan fingerprint density at radius 1 is 0.784 bits per heavy atom. The van der Waals surface area contributed by atoms with Crippen molar-refractivity contribution in [2.75, 3.05) is 6.54 Å². The summed E-state index contributed by atoms with van der Waals surface area (Å²) in [6.45, 7) is 10.7. The lowest BCUT2D eigenvalue weighted by atomic mass is 9.72. The molecule has 2 aromatic carbocycles. The van der Waals surface area contributed by atoms with Crippen molar-refractivity contribution in [2.24, 2.45) is 11.7 Å². The number of esters is 3. The topological polar surface area (TPSA) is 143 Å². The molecule has 3 N–H and O–H groups in total. The highest BCUT2D eigenvalue weighted by molar-refractivity contribution is 6.31. The van der Waals surface area contributed by atoms with Crippen LogP contribution in [0.2, 0.25) is 5.02 Å². The van der Waals surface area contributed by atoms with E-state index in [0.29, 0.717) is 17.0 Å². The molecular formula is C40H57ClN2O8. The molecule has 1 fully saturated rings. The van der Waals surface area contributed by atoms with E-state index in [1.807, 2.05) is 48.5 Å². The first-order valence-electron chi connectivity index (χ1n) is 18.2. The number of ether oxygens (including phenoxy) is 4. The van der Waals surface area contributed by atoms with Gasteiger partial charge in [-0.3, -0.25) is 4.79 Å². The molecule has 0 bridgehead atoms. The highest BCUT2D eigenvalue weighted by Crippen LogP contribution is 2.48. The first-order valence-corrected chi connectivity index (χ1v) is 18.6. The Morgan fingerprint density at radius 2 is 1.39 bits per heavy atom. The minimum absolute atomic E-state index is 0.00476. The molecule has 0 aromatic heterocycles. The quantitative estimate of drug-likeness (QED) is 0.105. The Balaban J connectivity index is 1.93. The van der Waals surface area contributed by atoms with E-state index in [1.165, 1.54) is 0 Å². The van der Waals surface area contributed by atoms with E-state index < -0.39 is 53.0 Å². The summed E-state index contributed by atoms with van der Waals surface area (Å²) < 4.78 is 23.2. The van der Waals surface area contributed by atoms with Crippen LogP contribution in [0, 0.1) is 5.92 Å². The average molecular weight is 729 g/mol. The number of rotatable bonds is 15. The normalized spacial score (nSPS) is 16.5. The van der Waals surface area contributed by atoms with Gasteiger partial charge in [-0.2, -0.15) is 0 Å². The second-order valence-corrected chi connectivity index (χ2v) is 15.6. The lowest BCUT2D eigenvalue weighted by Crippen LogP contribution is -2.49. The molecule has 3 rings (SSSR count). The number of alkyl carbamates (subject to hydrolysis) is 1. The Hall–Kier alpha value is -3.63. The van der Waals surface area contributed by atoms with Gasteiger partial charge >= 0.3 is 24.0 Å². The minimum Gasteiger partial charge on any atom is -0.460 e. The lowest BCUT2D eigenvalue weighted by Gasteiger charge is -2.42. The van der Waals surface area contributed by atoms with Crippen molar-refractivity contribution in [2.45, 2.75) is 141 Å². The molecule has 0 spiro atoms. The van der Waals surface area contributed by atoms with Gasteiger partial charge in [-0.05, 0) is 92.7 Å². The third kappa shape index (κ3) is 13.1. The van der Waals surface area contributed by atoms with E-state index in [0.717, 1.165) is 44.1 Å². The van der Waals surface area contributed by atoms with Gasteiger partial charge in [0, 0.05) is 28.5 Å². The Labute approximate surface area is 308 Å². The molecule has 1 unspecified atom stereocenters. The average Bonchev–Trinajstić information content (AvgIpc) is 3.34. The second-order valence-electron chi connectivity index (χ2n) is 15.2. The molecule has 0 saturated heterocycles. The van der Waals surface area contributed by atoms with Crippen molar-refractivity contribution < 1.29 is 38.1 Å². The molecular weight excluding hydrogens is 672 g/mol. The van der Waals surface area contributed by atoms with Crippen LogP contribution in [0.1, 0.15) is 123 Å². The Bertz CT molecular complexity index is 1430. The maximum absolute atomic E-state index is 14.4. The van der Waals surface area contributed by atoms with Gasteiger partial charge in [0.15, 0.2) is 5.60 Å². The van der Waals surface area contributed by atoms with Crippen LogP contribution in [0.25, 0.3) is 0 Å². The van der Waals surface area contributed by atoms with Crippen LogP contribution < -0.4 is 11.1 Å². The Morgan fingerprint density at radius 3 is 1.98 bits per heavy atom. The smallest absolute Gasteiger partial charge is 0.408 e. The molecule has 1 saturated carbocycles. The summed E-state index contributed by atoms with van der Waals surface area (Å²) >= 11 is 6.90. The maximum Gasteiger partial charge on any atom is 0.408 e. The number of carbonyl (C=O) groups excluding carboxylic acids is 4. The van der Waals surface area contributed by atoms with Crippen LogP contribution in [0.15, 0.2) is 54.6 Å². The van der Waals surface area contributed by atoms with E-state index in [2.05, 4.69) is 5.32 Å². The zero-order valence-corrected chi connectivity index (χ0v) is 31.9. The molecule has 51 heavy (non-hydrogen) atoms. The lowest BCUT2D eigenvalue weighted by molar-refractivity contribution is -0.167. The molecule has 1 aliphatic rings. The van der Waals surface area contributed by atoms with Gasteiger partial charge in [0.25, 0.3) is 0 Å². The van der Waals surface area contributed by atoms with Gasteiger partial charge in [0.2, 0.25) is 6.10 Å². The summed E-state index contributed by atoms with van der Waals surface area (Å²) in [6, 6.07) is 15.9. The van der Waals surface area contributed by atoms with E-state index in [1.54, 1.807) is 47.6 Å². The second kappa shape index (κ2) is 19.3. The third-order valence-electron chi connectivity index (χ3n) is 8.63. The molecule has 1 aliphatic carbocycles. The van der Waals surface area contributed by atoms with Gasteiger partial charge in [0.05, 0.1) is 0 Å². The standard InChI is InChI=1S/C40H57ClN2O8/c1-38(2,3)49-34(44)26-16-25-33(36(46)50-39(4,5)6)48-37(47)43-32(24-17-27-42)35(45)51-40(29-20-12-9-13-21-29,28-18-10-7-8-11-19-28)30-22-14-15-23-31(30)41/h9,12-15,20-23,28,32-33H,7-8,10-11,16-19,24-27,42H2,1-6H3,(H,43,47)/t32-,33-,40?/m0/s1. The zero-order valence-electron chi connectivity index (χ0n) is 31.1. The molecule has 0 heterocycles. The summed E-state index contributed by atoms with van der Waals surface area (Å²) in [6.07, 6.45) is 4.19. The fourth-order valence-corrected chi connectivity index (χ4v) is 6.74. The zero-order chi connectivity index (χ0) is 37.7. The highest BCUT2D eigenvalue weighted by atomic mass is 35.5. The first-order chi connectivity index (χ1) is 24.1. The van der Waals surface area contributed by atoms with Crippen molar-refractivity contribution in [1.29, 1.82) is 0 Å². The van der Waals surface area contributed by atoms with E-state index in [9.17, 15) is 19.2 Å². The van der Waals surface area contributed by atoms with Crippen LogP contribution in [0.3, 0.4) is 0 Å². The van der Waals surface area contributed by atoms with Gasteiger partial charge in [0.1, 0.15) is 17.2 Å². The van der Waals surface area contributed by atoms with Crippen LogP contribution in [-0.2, 0) is 38.9 Å². The Kier molecular flexibility index (Phi) is 15.8. The number of nitrogens with two attached hydrogens (primary N) is 1. The van der Waals surface area contributed by atoms with Gasteiger partial charge in [-0.15, -0.1) is 0 Å². The predicted molar refractivity (Wildman–Crippen MR) is 197 cm³/mol. The maximum atomic E-state index is 14.4. The monoisotopic (exact) mass is 728 g/mol. The number of carbonyl (C=O) groups is 4. The fraction of sp³-hybridized carbons (Fsp3) is 0.600. The van der Waals surface area contributed by atoms with E-state index >= 15 is 0 Å². The number of hydrogen-bond acceptors (Lipinski definition) is 9. The van der Waals surface area contributed by atoms with Crippen LogP contribution in [-0.4, -0.2) is 53.9 Å². The van der Waals surface area contributed by atoms with E-state index in [-0.39, 0.29) is 38.1 Å². The summed E-state index contributed by atoms with van der Waals surface area (Å²) in [4.78, 5) is 53.4. The number of nitrogens with one attached hydrogen (secondary N) is 1. The SMILES string of the molecule is CC(C)(C)OC(=O)CCC[C@H](OC(=O)N[C@@H](CCCN)C(=O)OC(c1ccccc1)(c1ccccc1Cl)C1CCCCCC1)C(=O)OC(C)(C)C. The molecule has 11 heteroatoms. The molecule has 10 nitrogen and oxygen atoms in total. The van der Waals surface area contributed by atoms with Crippen molar-refractivity contribution in [3.05, 3.63) is 70.7 Å².